The van der Waals surface area contributed by atoms with Crippen molar-refractivity contribution in [3.8, 4) is 5.75 Å². The van der Waals surface area contributed by atoms with Gasteiger partial charge in [0.15, 0.2) is 0 Å². The SMILES string of the molecule is CCCCCOc1cc[c-]c(C)c1.[Zn+][Br]. The van der Waals surface area contributed by atoms with Crippen molar-refractivity contribution in [1.29, 1.82) is 0 Å². The van der Waals surface area contributed by atoms with Crippen LogP contribution in [0.25, 0.3) is 0 Å². The first-order chi connectivity index (χ1) is 7.33. The number of rotatable bonds is 5. The van der Waals surface area contributed by atoms with Gasteiger partial charge >= 0.3 is 30.0 Å². The zero-order valence-corrected chi connectivity index (χ0v) is 14.1. The Bertz CT molecular complexity index is 253. The second-order valence-corrected chi connectivity index (χ2v) is 3.26. The van der Waals surface area contributed by atoms with Gasteiger partial charge in [-0.3, -0.25) is 0 Å². The summed E-state index contributed by atoms with van der Waals surface area (Å²) in [6.07, 6.45) is 3.64. The summed E-state index contributed by atoms with van der Waals surface area (Å²) in [7, 11) is 0. The first-order valence-electron chi connectivity index (χ1n) is 5.21. The second kappa shape index (κ2) is 10.6. The zero-order valence-electron chi connectivity index (χ0n) is 9.55. The number of benzene rings is 1. The van der Waals surface area contributed by atoms with Gasteiger partial charge in [-0.15, -0.1) is 12.1 Å². The number of hydrogen-bond donors (Lipinski definition) is 0. The molecule has 0 amide bonds. The molecule has 0 N–H and O–H groups in total. The van der Waals surface area contributed by atoms with E-state index in [4.69, 9.17) is 4.74 Å². The first kappa shape index (κ1) is 15.1. The normalized spacial score (nSPS) is 9.13. The Hall–Kier alpha value is 0.123. The fourth-order valence-corrected chi connectivity index (χ4v) is 1.19. The Labute approximate surface area is 110 Å². The molecule has 1 rings (SSSR count). The number of unbranched alkanes of at least 4 members (excludes halogenated alkanes) is 2. The van der Waals surface area contributed by atoms with E-state index in [9.17, 15) is 0 Å². The third-order valence-electron chi connectivity index (χ3n) is 1.93. The van der Waals surface area contributed by atoms with Crippen LogP contribution >= 0.6 is 13.6 Å². The summed E-state index contributed by atoms with van der Waals surface area (Å²) in [5.74, 6) is 0.965. The van der Waals surface area contributed by atoms with Crippen LogP contribution in [0.5, 0.6) is 5.75 Å². The maximum atomic E-state index is 5.57. The van der Waals surface area contributed by atoms with E-state index in [1.54, 1.807) is 0 Å². The molecule has 0 saturated carbocycles. The van der Waals surface area contributed by atoms with Gasteiger partial charge in [-0.25, -0.2) is 0 Å². The summed E-state index contributed by atoms with van der Waals surface area (Å²) in [5.41, 5.74) is 1.13. The van der Waals surface area contributed by atoms with Crippen LogP contribution in [0.2, 0.25) is 0 Å². The average Bonchev–Trinajstić information content (AvgIpc) is 2.27. The molecule has 0 spiro atoms. The Balaban J connectivity index is 0.000000921. The molecule has 0 aliphatic heterocycles. The third kappa shape index (κ3) is 7.98. The molecule has 15 heavy (non-hydrogen) atoms. The molecule has 0 heterocycles. The van der Waals surface area contributed by atoms with Crippen molar-refractivity contribution >= 4 is 13.6 Å². The number of hydrogen-bond acceptors (Lipinski definition) is 1. The van der Waals surface area contributed by atoms with Crippen molar-refractivity contribution in [1.82, 2.24) is 0 Å². The van der Waals surface area contributed by atoms with Crippen molar-refractivity contribution in [2.75, 3.05) is 6.61 Å². The van der Waals surface area contributed by atoms with Gasteiger partial charge in [-0.05, 0) is 6.42 Å². The van der Waals surface area contributed by atoms with Gasteiger partial charge in [0.25, 0.3) is 0 Å². The minimum absolute atomic E-state index is 0.831. The summed E-state index contributed by atoms with van der Waals surface area (Å²) in [5, 5.41) is 0. The van der Waals surface area contributed by atoms with Crippen molar-refractivity contribution in [2.45, 2.75) is 33.1 Å². The Kier molecular flexibility index (Phi) is 10.7. The van der Waals surface area contributed by atoms with Crippen LogP contribution in [-0.2, 0) is 16.3 Å². The molecule has 0 atom stereocenters. The van der Waals surface area contributed by atoms with Crippen LogP contribution in [0.3, 0.4) is 0 Å². The fraction of sp³-hybridized carbons (Fsp3) is 0.500. The second-order valence-electron chi connectivity index (χ2n) is 3.26. The van der Waals surface area contributed by atoms with Crippen molar-refractivity contribution in [2.24, 2.45) is 0 Å². The molecule has 3 heteroatoms. The van der Waals surface area contributed by atoms with E-state index in [0.29, 0.717) is 0 Å². The Morgan fingerprint density at radius 3 is 2.73 bits per heavy atom. The van der Waals surface area contributed by atoms with E-state index < -0.39 is 0 Å². The maximum absolute atomic E-state index is 5.57. The molecule has 0 radical (unpaired) electrons. The minimum atomic E-state index is 0.831. The molecule has 0 bridgehead atoms. The quantitative estimate of drug-likeness (QED) is 0.448. The topological polar surface area (TPSA) is 9.23 Å². The molecular weight excluding hydrogens is 305 g/mol. The summed E-state index contributed by atoms with van der Waals surface area (Å²) in [6, 6.07) is 8.98. The standard InChI is InChI=1S/C12H17O.BrH.Zn/c1-3-4-5-9-13-12-8-6-7-11(2)10-12;;/h6,8,10H,3-5,9H2,1-2H3;1H;/q-1;;+2/p-1. The van der Waals surface area contributed by atoms with Crippen LogP contribution in [0.15, 0.2) is 18.2 Å². The van der Waals surface area contributed by atoms with Gasteiger partial charge in [-0.1, -0.05) is 26.7 Å². The van der Waals surface area contributed by atoms with Crippen molar-refractivity contribution in [3.63, 3.8) is 0 Å². The van der Waals surface area contributed by atoms with Crippen LogP contribution in [0, 0.1) is 13.0 Å². The van der Waals surface area contributed by atoms with E-state index >= 15 is 0 Å². The Morgan fingerprint density at radius 1 is 1.40 bits per heavy atom. The van der Waals surface area contributed by atoms with E-state index in [2.05, 4.69) is 26.6 Å². The molecule has 1 aromatic carbocycles. The average molecular weight is 323 g/mol. The Morgan fingerprint density at radius 2 is 2.13 bits per heavy atom. The van der Waals surface area contributed by atoms with Crippen LogP contribution in [0.4, 0.5) is 0 Å². The van der Waals surface area contributed by atoms with Gasteiger partial charge in [0.1, 0.15) is 0 Å². The summed E-state index contributed by atoms with van der Waals surface area (Å²) >= 11 is 4.25. The number of ether oxygens (including phenoxy) is 1. The van der Waals surface area contributed by atoms with Gasteiger partial charge in [0.2, 0.25) is 0 Å². The zero-order chi connectivity index (χ0) is 11.5. The molecule has 0 aliphatic carbocycles. The molecule has 80 valence electrons. The number of aryl methyl sites for hydroxylation is 1. The van der Waals surface area contributed by atoms with E-state index in [-0.39, 0.29) is 0 Å². The van der Waals surface area contributed by atoms with Gasteiger partial charge in [0.05, 0.1) is 6.61 Å². The van der Waals surface area contributed by atoms with E-state index in [1.807, 2.05) is 25.1 Å². The molecule has 0 aromatic heterocycles. The van der Waals surface area contributed by atoms with Crippen LogP contribution in [-0.4, -0.2) is 6.61 Å². The van der Waals surface area contributed by atoms with Crippen molar-refractivity contribution in [3.05, 3.63) is 29.8 Å². The summed E-state index contributed by atoms with van der Waals surface area (Å²) in [4.78, 5) is 0. The summed E-state index contributed by atoms with van der Waals surface area (Å²) in [6.45, 7) is 5.05. The molecule has 0 aliphatic rings. The van der Waals surface area contributed by atoms with Gasteiger partial charge in [0, 0.05) is 5.75 Å². The number of halogens is 1. The molecule has 0 fully saturated rings. The third-order valence-corrected chi connectivity index (χ3v) is 1.93. The molecule has 0 saturated heterocycles. The predicted octanol–water partition coefficient (Wildman–Crippen LogP) is 4.21. The van der Waals surface area contributed by atoms with Crippen molar-refractivity contribution < 1.29 is 21.1 Å². The van der Waals surface area contributed by atoms with E-state index in [1.165, 1.54) is 29.2 Å². The van der Waals surface area contributed by atoms with E-state index in [0.717, 1.165) is 24.3 Å². The van der Waals surface area contributed by atoms with Crippen LogP contribution < -0.4 is 4.74 Å². The fourth-order valence-electron chi connectivity index (χ4n) is 1.19. The molecular formula is C12H17BrOZn. The molecule has 0 unspecified atom stereocenters. The van der Waals surface area contributed by atoms with Gasteiger partial charge < -0.3 is 4.74 Å². The monoisotopic (exact) mass is 320 g/mol. The molecule has 1 aromatic rings. The molecule has 1 nitrogen and oxygen atoms in total. The predicted molar refractivity (Wildman–Crippen MR) is 64.0 cm³/mol. The van der Waals surface area contributed by atoms with Crippen LogP contribution in [0.1, 0.15) is 31.7 Å². The summed E-state index contributed by atoms with van der Waals surface area (Å²) < 4.78 is 5.57. The first-order valence-corrected chi connectivity index (χ1v) is 12.2. The van der Waals surface area contributed by atoms with Gasteiger partial charge in [-0.2, -0.15) is 17.7 Å².